The van der Waals surface area contributed by atoms with E-state index >= 15 is 0 Å². The average Bonchev–Trinajstić information content (AvgIpc) is 3.28. The van der Waals surface area contributed by atoms with Crippen molar-refractivity contribution < 1.29 is 0 Å². The van der Waals surface area contributed by atoms with E-state index in [2.05, 4.69) is 169 Å². The largest absolute Gasteiger partial charge is 0.0619 e. The van der Waals surface area contributed by atoms with E-state index in [-0.39, 0.29) is 17.3 Å². The highest BCUT2D eigenvalue weighted by Gasteiger charge is 2.40. The lowest BCUT2D eigenvalue weighted by atomic mass is 9.66. The van der Waals surface area contributed by atoms with Crippen molar-refractivity contribution in [2.75, 3.05) is 0 Å². The fourth-order valence-corrected chi connectivity index (χ4v) is 8.55. The Morgan fingerprint density at radius 3 is 1.66 bits per heavy atom. The Hall–Kier alpha value is -4.46. The molecule has 210 valence electrons. The van der Waals surface area contributed by atoms with Gasteiger partial charge in [0, 0.05) is 21.7 Å². The minimum absolute atomic E-state index is 0.0646. The van der Waals surface area contributed by atoms with Crippen molar-refractivity contribution in [3.05, 3.63) is 189 Å². The second-order valence-electron chi connectivity index (χ2n) is 13.0. The summed E-state index contributed by atoms with van der Waals surface area (Å²) in [5, 5.41) is 5.13. The maximum atomic E-state index is 3.87. The smallest absolute Gasteiger partial charge is 0.0346 e. The lowest BCUT2D eigenvalue weighted by Gasteiger charge is -2.37. The van der Waals surface area contributed by atoms with E-state index in [9.17, 15) is 0 Å². The predicted octanol–water partition coefficient (Wildman–Crippen LogP) is 11.7. The molecule has 2 aliphatic carbocycles. The molecule has 0 amide bonds. The van der Waals surface area contributed by atoms with Gasteiger partial charge in [-0.25, -0.2) is 0 Å². The number of rotatable bonds is 2. The first-order valence-electron chi connectivity index (χ1n) is 15.5. The Bertz CT molecular complexity index is 2290. The summed E-state index contributed by atoms with van der Waals surface area (Å²) in [4.78, 5) is 0. The number of hydrogen-bond donors (Lipinski definition) is 0. The molecule has 0 saturated heterocycles. The lowest BCUT2D eigenvalue weighted by Crippen LogP contribution is -2.22. The topological polar surface area (TPSA) is 0 Å². The summed E-state index contributed by atoms with van der Waals surface area (Å²) in [6.07, 6.45) is 0. The van der Waals surface area contributed by atoms with E-state index in [1.165, 1.54) is 77.2 Å². The Morgan fingerprint density at radius 2 is 0.977 bits per heavy atom. The summed E-state index contributed by atoms with van der Waals surface area (Å²) in [5.41, 5.74) is 13.8. The number of fused-ring (bicyclic) bond motifs is 7. The molecule has 44 heavy (non-hydrogen) atoms. The van der Waals surface area contributed by atoms with Crippen LogP contribution in [0.1, 0.15) is 70.2 Å². The molecule has 9 rings (SSSR count). The molecule has 2 unspecified atom stereocenters. The van der Waals surface area contributed by atoms with Crippen molar-refractivity contribution in [2.45, 2.75) is 31.1 Å². The molecule has 0 nitrogen and oxygen atoms in total. The molecule has 2 aliphatic rings. The highest BCUT2D eigenvalue weighted by atomic mass is 79.9. The van der Waals surface area contributed by atoms with Crippen LogP contribution in [0.5, 0.6) is 0 Å². The first-order valence-corrected chi connectivity index (χ1v) is 16.3. The van der Waals surface area contributed by atoms with Crippen LogP contribution in [-0.2, 0) is 5.41 Å². The summed E-state index contributed by atoms with van der Waals surface area (Å²) < 4.78 is 1.12. The van der Waals surface area contributed by atoms with Crippen molar-refractivity contribution in [3.63, 3.8) is 0 Å². The molecular formula is C43H31Br. The molecule has 0 aromatic heterocycles. The van der Waals surface area contributed by atoms with E-state index in [4.69, 9.17) is 0 Å². The van der Waals surface area contributed by atoms with Crippen LogP contribution in [0.25, 0.3) is 32.7 Å². The van der Waals surface area contributed by atoms with Crippen molar-refractivity contribution in [3.8, 4) is 11.1 Å². The zero-order valence-electron chi connectivity index (χ0n) is 24.8. The fourth-order valence-electron chi connectivity index (χ4n) is 8.17. The zero-order valence-corrected chi connectivity index (χ0v) is 26.4. The number of benzene rings is 7. The van der Waals surface area contributed by atoms with Crippen molar-refractivity contribution in [1.29, 1.82) is 0 Å². The first-order chi connectivity index (χ1) is 21.5. The number of halogens is 1. The molecule has 1 heteroatoms. The highest BCUT2D eigenvalue weighted by molar-refractivity contribution is 9.10. The van der Waals surface area contributed by atoms with Crippen molar-refractivity contribution in [1.82, 2.24) is 0 Å². The molecule has 0 saturated carbocycles. The van der Waals surface area contributed by atoms with E-state index < -0.39 is 0 Å². The Kier molecular flexibility index (Phi) is 5.62. The van der Waals surface area contributed by atoms with Crippen molar-refractivity contribution >= 4 is 37.5 Å². The molecular weight excluding hydrogens is 596 g/mol. The van der Waals surface area contributed by atoms with Gasteiger partial charge in [0.2, 0.25) is 0 Å². The van der Waals surface area contributed by atoms with Crippen LogP contribution in [0.3, 0.4) is 0 Å². The van der Waals surface area contributed by atoms with E-state index in [1.807, 2.05) is 0 Å². The summed E-state index contributed by atoms with van der Waals surface area (Å²) in [6, 6.07) is 52.7. The van der Waals surface area contributed by atoms with Gasteiger partial charge in [-0.1, -0.05) is 151 Å². The Balaban J connectivity index is 1.37. The third-order valence-electron chi connectivity index (χ3n) is 10.3. The highest BCUT2D eigenvalue weighted by Crippen LogP contribution is 2.55. The molecule has 7 aromatic carbocycles. The Morgan fingerprint density at radius 1 is 0.432 bits per heavy atom. The van der Waals surface area contributed by atoms with E-state index in [0.717, 1.165) is 4.47 Å². The van der Waals surface area contributed by atoms with Crippen LogP contribution in [0.4, 0.5) is 0 Å². The molecule has 0 bridgehead atoms. The third kappa shape index (κ3) is 3.75. The summed E-state index contributed by atoms with van der Waals surface area (Å²) in [5.74, 6) is 0.263. The molecule has 0 aliphatic heterocycles. The molecule has 0 heterocycles. The lowest BCUT2D eigenvalue weighted by molar-refractivity contribution is 0.657. The van der Waals surface area contributed by atoms with Gasteiger partial charge < -0.3 is 0 Å². The molecule has 2 atom stereocenters. The van der Waals surface area contributed by atoms with Crippen LogP contribution >= 0.6 is 15.9 Å². The zero-order chi connectivity index (χ0) is 29.6. The summed E-state index contributed by atoms with van der Waals surface area (Å²) in [7, 11) is 0. The van der Waals surface area contributed by atoms with Crippen LogP contribution in [0.2, 0.25) is 0 Å². The third-order valence-corrected chi connectivity index (χ3v) is 10.8. The first kappa shape index (κ1) is 26.0. The molecule has 0 N–H and O–H groups in total. The number of hydrogen-bond acceptors (Lipinski definition) is 0. The average molecular weight is 628 g/mol. The SMILES string of the molecule is CC1(C)c2ccccc2-c2cc3c(cc21)C(c1ccc2ccccc2c1)c1cc(Br)ccc1C3c1ccc2ccccc2c1. The second-order valence-corrected chi connectivity index (χ2v) is 14.0. The van der Waals surface area contributed by atoms with Gasteiger partial charge in [0.25, 0.3) is 0 Å². The molecule has 0 fully saturated rings. The quantitative estimate of drug-likeness (QED) is 0.179. The maximum absolute atomic E-state index is 3.87. The Labute approximate surface area is 267 Å². The summed E-state index contributed by atoms with van der Waals surface area (Å²) >= 11 is 3.87. The minimum Gasteiger partial charge on any atom is -0.0619 e. The summed E-state index contributed by atoms with van der Waals surface area (Å²) in [6.45, 7) is 4.78. The van der Waals surface area contributed by atoms with Crippen LogP contribution in [0.15, 0.2) is 144 Å². The van der Waals surface area contributed by atoms with E-state index in [0.29, 0.717) is 0 Å². The fraction of sp³-hybridized carbons (Fsp3) is 0.116. The molecule has 0 radical (unpaired) electrons. The van der Waals surface area contributed by atoms with Gasteiger partial charge in [-0.3, -0.25) is 0 Å². The van der Waals surface area contributed by atoms with Crippen LogP contribution in [-0.4, -0.2) is 0 Å². The molecule has 0 spiro atoms. The van der Waals surface area contributed by atoms with Gasteiger partial charge >= 0.3 is 0 Å². The van der Waals surface area contributed by atoms with Gasteiger partial charge in [-0.2, -0.15) is 0 Å². The standard InChI is InChI=1S/C43H31Br/c1-43(2)39-14-8-7-13-33(39)35-24-37-38(25-40(35)43)42(31-18-16-27-10-4-6-12-29(27)22-31)36-23-32(44)19-20-34(36)41(37)30-17-15-26-9-3-5-11-28(26)21-30/h3-25,41-42H,1-2H3. The van der Waals surface area contributed by atoms with Gasteiger partial charge in [0.1, 0.15) is 0 Å². The minimum atomic E-state index is -0.0646. The van der Waals surface area contributed by atoms with Gasteiger partial charge in [0.05, 0.1) is 0 Å². The molecule has 7 aromatic rings. The second kappa shape index (κ2) is 9.52. The maximum Gasteiger partial charge on any atom is 0.0346 e. The van der Waals surface area contributed by atoms with Crippen LogP contribution < -0.4 is 0 Å². The van der Waals surface area contributed by atoms with E-state index in [1.54, 1.807) is 0 Å². The van der Waals surface area contributed by atoms with Gasteiger partial charge in [-0.15, -0.1) is 0 Å². The monoisotopic (exact) mass is 626 g/mol. The normalized spacial score (nSPS) is 17.6. The van der Waals surface area contributed by atoms with Crippen LogP contribution in [0, 0.1) is 0 Å². The van der Waals surface area contributed by atoms with Crippen molar-refractivity contribution in [2.24, 2.45) is 0 Å². The van der Waals surface area contributed by atoms with Gasteiger partial charge in [-0.05, 0) is 95.4 Å². The predicted molar refractivity (Wildman–Crippen MR) is 188 cm³/mol. The van der Waals surface area contributed by atoms with Gasteiger partial charge in [0.15, 0.2) is 0 Å².